The lowest BCUT2D eigenvalue weighted by Crippen LogP contribution is -2.59. The van der Waals surface area contributed by atoms with E-state index in [1.54, 1.807) is 0 Å². The van der Waals surface area contributed by atoms with Crippen LogP contribution >= 0.6 is 0 Å². The second kappa shape index (κ2) is 6.35. The van der Waals surface area contributed by atoms with E-state index >= 15 is 0 Å². The predicted molar refractivity (Wildman–Crippen MR) is 106 cm³/mol. The first-order valence-corrected chi connectivity index (χ1v) is 10.3. The Morgan fingerprint density at radius 1 is 1.04 bits per heavy atom. The summed E-state index contributed by atoms with van der Waals surface area (Å²) in [4.78, 5) is 25.4. The van der Waals surface area contributed by atoms with Gasteiger partial charge in [0.25, 0.3) is 0 Å². The molecule has 4 aliphatic carbocycles. The number of hydrogen-bond acceptors (Lipinski definition) is 2. The van der Waals surface area contributed by atoms with Gasteiger partial charge in [0.1, 0.15) is 0 Å². The molecule has 4 nitrogen and oxygen atoms in total. The maximum absolute atomic E-state index is 13.2. The lowest BCUT2D eigenvalue weighted by molar-refractivity contribution is -0.150. The van der Waals surface area contributed by atoms with Crippen molar-refractivity contribution in [3.8, 4) is 0 Å². The molecule has 4 aliphatic rings. The Morgan fingerprint density at radius 2 is 1.67 bits per heavy atom. The highest BCUT2D eigenvalue weighted by Crippen LogP contribution is 2.65. The first kappa shape index (κ1) is 18.5. The maximum atomic E-state index is 13.2. The summed E-state index contributed by atoms with van der Waals surface area (Å²) in [6.07, 6.45) is 6.62. The number of carbonyl (C=O) groups is 2. The van der Waals surface area contributed by atoms with Gasteiger partial charge in [0.2, 0.25) is 11.8 Å². The number of carbonyl (C=O) groups excluding carboxylic acids is 2. The Bertz CT molecular complexity index is 720. The van der Waals surface area contributed by atoms with Gasteiger partial charge in [-0.25, -0.2) is 0 Å². The molecule has 1 aromatic carbocycles. The van der Waals surface area contributed by atoms with Crippen LogP contribution in [0.2, 0.25) is 0 Å². The lowest BCUT2D eigenvalue weighted by atomic mass is 9.42. The van der Waals surface area contributed by atoms with Crippen LogP contribution < -0.4 is 10.6 Å². The van der Waals surface area contributed by atoms with Crippen LogP contribution in [0.1, 0.15) is 64.9 Å². The summed E-state index contributed by atoms with van der Waals surface area (Å²) in [7, 11) is 0. The highest BCUT2D eigenvalue weighted by atomic mass is 16.2. The van der Waals surface area contributed by atoms with Gasteiger partial charge in [0, 0.05) is 5.54 Å². The smallest absolute Gasteiger partial charge is 0.239 e. The number of amides is 2. The van der Waals surface area contributed by atoms with Gasteiger partial charge in [0.15, 0.2) is 0 Å². The summed E-state index contributed by atoms with van der Waals surface area (Å²) in [5.74, 6) is 1.26. The van der Waals surface area contributed by atoms with Crippen LogP contribution in [0.5, 0.6) is 0 Å². The van der Waals surface area contributed by atoms with Crippen molar-refractivity contribution in [3.05, 3.63) is 35.9 Å². The topological polar surface area (TPSA) is 58.2 Å². The van der Waals surface area contributed by atoms with Crippen molar-refractivity contribution < 1.29 is 9.59 Å². The third kappa shape index (κ3) is 3.51. The van der Waals surface area contributed by atoms with E-state index < -0.39 is 0 Å². The van der Waals surface area contributed by atoms with E-state index in [9.17, 15) is 9.59 Å². The standard InChI is InChI=1S/C23H32N2O2/c1-21(2,3)25-19(26)14-24-20(27)23-12-16-9-17(13-23)11-22(10-16,15-23)18-7-5-4-6-8-18/h4-8,16-17H,9-15H2,1-3H3,(H,24,27)(H,25,26)/t16-,17+,22?,23?. The zero-order chi connectivity index (χ0) is 19.3. The number of nitrogens with one attached hydrogen (secondary N) is 2. The minimum Gasteiger partial charge on any atom is -0.350 e. The first-order chi connectivity index (χ1) is 12.7. The normalized spacial score (nSPS) is 34.3. The van der Waals surface area contributed by atoms with Crippen LogP contribution in [-0.2, 0) is 15.0 Å². The fourth-order valence-corrected chi connectivity index (χ4v) is 6.47. The molecule has 5 rings (SSSR count). The molecule has 0 aromatic heterocycles. The van der Waals surface area contributed by atoms with Crippen LogP contribution in [0.4, 0.5) is 0 Å². The minimum atomic E-state index is -0.290. The van der Waals surface area contributed by atoms with Crippen LogP contribution in [0, 0.1) is 17.3 Å². The van der Waals surface area contributed by atoms with E-state index in [0.717, 1.165) is 19.3 Å². The van der Waals surface area contributed by atoms with E-state index in [1.807, 2.05) is 20.8 Å². The van der Waals surface area contributed by atoms with Crippen LogP contribution in [0.3, 0.4) is 0 Å². The van der Waals surface area contributed by atoms with Gasteiger partial charge in [-0.2, -0.15) is 0 Å². The molecule has 0 radical (unpaired) electrons. The molecule has 2 N–H and O–H groups in total. The lowest BCUT2D eigenvalue weighted by Gasteiger charge is -2.61. The molecular weight excluding hydrogens is 336 g/mol. The Hall–Kier alpha value is -1.84. The molecule has 2 amide bonds. The van der Waals surface area contributed by atoms with Gasteiger partial charge in [-0.05, 0) is 82.1 Å². The molecule has 4 heteroatoms. The Morgan fingerprint density at radius 3 is 2.26 bits per heavy atom. The van der Waals surface area contributed by atoms with E-state index in [4.69, 9.17) is 0 Å². The predicted octanol–water partition coefficient (Wildman–Crippen LogP) is 3.56. The molecule has 146 valence electrons. The summed E-state index contributed by atoms with van der Waals surface area (Å²) in [6, 6.07) is 10.8. The number of rotatable bonds is 4. The third-order valence-electron chi connectivity index (χ3n) is 6.85. The molecule has 4 saturated carbocycles. The number of hydrogen-bond donors (Lipinski definition) is 2. The van der Waals surface area contributed by atoms with Crippen molar-refractivity contribution >= 4 is 11.8 Å². The minimum absolute atomic E-state index is 0.0749. The molecule has 0 aliphatic heterocycles. The van der Waals surface area contributed by atoms with Gasteiger partial charge in [-0.15, -0.1) is 0 Å². The zero-order valence-corrected chi connectivity index (χ0v) is 16.8. The van der Waals surface area contributed by atoms with E-state index in [2.05, 4.69) is 41.0 Å². The summed E-state index contributed by atoms with van der Waals surface area (Å²) in [5.41, 5.74) is 0.986. The molecule has 1 aromatic rings. The van der Waals surface area contributed by atoms with Gasteiger partial charge in [-0.3, -0.25) is 9.59 Å². The van der Waals surface area contributed by atoms with Crippen LogP contribution in [-0.4, -0.2) is 23.9 Å². The van der Waals surface area contributed by atoms with Crippen molar-refractivity contribution in [2.45, 2.75) is 70.3 Å². The summed E-state index contributed by atoms with van der Waals surface area (Å²) >= 11 is 0. The molecule has 0 spiro atoms. The van der Waals surface area contributed by atoms with Gasteiger partial charge in [0.05, 0.1) is 12.0 Å². The number of benzene rings is 1. The van der Waals surface area contributed by atoms with E-state index in [-0.39, 0.29) is 34.7 Å². The molecule has 0 saturated heterocycles. The van der Waals surface area contributed by atoms with Crippen LogP contribution in [0.25, 0.3) is 0 Å². The Balaban J connectivity index is 1.51. The molecule has 4 atom stereocenters. The van der Waals surface area contributed by atoms with Gasteiger partial charge < -0.3 is 10.6 Å². The van der Waals surface area contributed by atoms with Gasteiger partial charge in [-0.1, -0.05) is 30.3 Å². The summed E-state index contributed by atoms with van der Waals surface area (Å²) < 4.78 is 0. The molecule has 27 heavy (non-hydrogen) atoms. The second-order valence-corrected chi connectivity index (χ2v) is 10.4. The quantitative estimate of drug-likeness (QED) is 0.854. The Labute approximate surface area is 162 Å². The SMILES string of the molecule is CC(C)(C)NC(=O)CNC(=O)C12C[C@H]3C[C@@H](C1)CC(c1ccccc1)(C3)C2. The summed E-state index contributed by atoms with van der Waals surface area (Å²) in [6.45, 7) is 5.94. The van der Waals surface area contributed by atoms with Gasteiger partial charge >= 0.3 is 0 Å². The van der Waals surface area contributed by atoms with Crippen molar-refractivity contribution in [1.29, 1.82) is 0 Å². The van der Waals surface area contributed by atoms with Crippen molar-refractivity contribution in [2.75, 3.05) is 6.54 Å². The molecular formula is C23H32N2O2. The zero-order valence-electron chi connectivity index (χ0n) is 16.8. The fourth-order valence-electron chi connectivity index (χ4n) is 6.47. The maximum Gasteiger partial charge on any atom is 0.239 e. The molecule has 4 fully saturated rings. The average Bonchev–Trinajstić information content (AvgIpc) is 2.58. The van der Waals surface area contributed by atoms with Crippen molar-refractivity contribution in [3.63, 3.8) is 0 Å². The van der Waals surface area contributed by atoms with E-state index in [1.165, 1.54) is 24.8 Å². The van der Waals surface area contributed by atoms with Crippen LogP contribution in [0.15, 0.2) is 30.3 Å². The average molecular weight is 369 g/mol. The highest BCUT2D eigenvalue weighted by molar-refractivity contribution is 5.88. The van der Waals surface area contributed by atoms with E-state index in [0.29, 0.717) is 11.8 Å². The van der Waals surface area contributed by atoms with Crippen molar-refractivity contribution in [1.82, 2.24) is 10.6 Å². The third-order valence-corrected chi connectivity index (χ3v) is 6.85. The Kier molecular flexibility index (Phi) is 4.36. The van der Waals surface area contributed by atoms with Crippen molar-refractivity contribution in [2.24, 2.45) is 17.3 Å². The molecule has 2 unspecified atom stereocenters. The first-order valence-electron chi connectivity index (χ1n) is 10.3. The largest absolute Gasteiger partial charge is 0.350 e. The second-order valence-electron chi connectivity index (χ2n) is 10.4. The molecule has 0 heterocycles. The highest BCUT2D eigenvalue weighted by Gasteiger charge is 2.60. The monoisotopic (exact) mass is 368 g/mol. The molecule has 4 bridgehead atoms. The fraction of sp³-hybridized carbons (Fsp3) is 0.652. The summed E-state index contributed by atoms with van der Waals surface area (Å²) in [5, 5.41) is 5.91.